The maximum absolute atomic E-state index is 12.4. The van der Waals surface area contributed by atoms with Gasteiger partial charge in [0.05, 0.1) is 6.42 Å². The molecule has 3 rings (SSSR count). The van der Waals surface area contributed by atoms with Crippen LogP contribution in [0.4, 0.5) is 0 Å². The van der Waals surface area contributed by atoms with E-state index in [2.05, 4.69) is 10.2 Å². The molecule has 0 spiro atoms. The predicted octanol–water partition coefficient (Wildman–Crippen LogP) is 1.47. The van der Waals surface area contributed by atoms with E-state index in [-0.39, 0.29) is 30.9 Å². The molecule has 2 heterocycles. The summed E-state index contributed by atoms with van der Waals surface area (Å²) in [4.78, 5) is 14.8. The molecule has 24 heavy (non-hydrogen) atoms. The van der Waals surface area contributed by atoms with Crippen molar-refractivity contribution in [2.24, 2.45) is 5.92 Å². The van der Waals surface area contributed by atoms with E-state index in [4.69, 9.17) is 16.3 Å². The molecule has 1 aromatic rings. The second kappa shape index (κ2) is 8.30. The monoisotopic (exact) mass is 352 g/mol. The molecule has 0 radical (unpaired) electrons. The van der Waals surface area contributed by atoms with Crippen LogP contribution in [0.1, 0.15) is 18.4 Å². The molecule has 0 aromatic heterocycles. The number of ether oxygens (including phenoxy) is 1. The summed E-state index contributed by atoms with van der Waals surface area (Å²) in [6, 6.07) is 7.89. The standard InChI is InChI=1S/C18H25ClN2O3/c19-16-4-2-1-3-13(16)9-18(23)20-17-11-21(10-14(17)12-22)15-5-7-24-8-6-15/h1-4,14-15,17,22H,5-12H2,(H,20,23)/t14-,17+/m0/s1. The molecule has 5 nitrogen and oxygen atoms in total. The molecule has 2 saturated heterocycles. The number of nitrogens with one attached hydrogen (secondary N) is 1. The summed E-state index contributed by atoms with van der Waals surface area (Å²) in [5.41, 5.74) is 0.830. The Bertz CT molecular complexity index is 563. The first-order valence-corrected chi connectivity index (χ1v) is 9.00. The first kappa shape index (κ1) is 17.7. The Morgan fingerprint density at radius 1 is 1.29 bits per heavy atom. The van der Waals surface area contributed by atoms with Crippen molar-refractivity contribution in [2.45, 2.75) is 31.3 Å². The van der Waals surface area contributed by atoms with Crippen molar-refractivity contribution in [3.8, 4) is 0 Å². The van der Waals surface area contributed by atoms with Gasteiger partial charge < -0.3 is 15.2 Å². The quantitative estimate of drug-likeness (QED) is 0.842. The normalized spacial score (nSPS) is 25.8. The highest BCUT2D eigenvalue weighted by molar-refractivity contribution is 6.31. The summed E-state index contributed by atoms with van der Waals surface area (Å²) < 4.78 is 5.42. The SMILES string of the molecule is O=C(Cc1ccccc1Cl)N[C@@H]1CN(C2CCOCC2)C[C@H]1CO. The summed E-state index contributed by atoms with van der Waals surface area (Å²) >= 11 is 6.13. The van der Waals surface area contributed by atoms with E-state index in [9.17, 15) is 9.90 Å². The molecule has 2 N–H and O–H groups in total. The minimum absolute atomic E-state index is 0.00664. The van der Waals surface area contributed by atoms with E-state index in [0.717, 1.165) is 44.7 Å². The number of aliphatic hydroxyl groups excluding tert-OH is 1. The molecule has 2 fully saturated rings. The molecule has 0 unspecified atom stereocenters. The minimum atomic E-state index is -0.0413. The molecule has 2 aliphatic rings. The van der Waals surface area contributed by atoms with Crippen LogP contribution in [0.3, 0.4) is 0 Å². The van der Waals surface area contributed by atoms with Crippen molar-refractivity contribution in [1.82, 2.24) is 10.2 Å². The van der Waals surface area contributed by atoms with E-state index in [1.54, 1.807) is 6.07 Å². The summed E-state index contributed by atoms with van der Waals surface area (Å²) in [6.07, 6.45) is 2.32. The fraction of sp³-hybridized carbons (Fsp3) is 0.611. The van der Waals surface area contributed by atoms with Gasteiger partial charge in [0.2, 0.25) is 5.91 Å². The minimum Gasteiger partial charge on any atom is -0.396 e. The van der Waals surface area contributed by atoms with Crippen molar-refractivity contribution in [3.05, 3.63) is 34.9 Å². The van der Waals surface area contributed by atoms with Gasteiger partial charge in [0.25, 0.3) is 0 Å². The van der Waals surface area contributed by atoms with Gasteiger partial charge in [-0.3, -0.25) is 9.69 Å². The zero-order chi connectivity index (χ0) is 16.9. The second-order valence-electron chi connectivity index (χ2n) is 6.68. The van der Waals surface area contributed by atoms with Gasteiger partial charge in [-0.25, -0.2) is 0 Å². The number of halogens is 1. The van der Waals surface area contributed by atoms with Gasteiger partial charge in [-0.2, -0.15) is 0 Å². The highest BCUT2D eigenvalue weighted by Crippen LogP contribution is 2.24. The molecular formula is C18H25ClN2O3. The van der Waals surface area contributed by atoms with E-state index in [0.29, 0.717) is 11.1 Å². The number of amides is 1. The third-order valence-corrected chi connectivity index (χ3v) is 5.43. The van der Waals surface area contributed by atoms with E-state index >= 15 is 0 Å². The Morgan fingerprint density at radius 2 is 2.04 bits per heavy atom. The Morgan fingerprint density at radius 3 is 2.75 bits per heavy atom. The first-order valence-electron chi connectivity index (χ1n) is 8.63. The Hall–Kier alpha value is -1.14. The van der Waals surface area contributed by atoms with Gasteiger partial charge in [-0.15, -0.1) is 0 Å². The molecular weight excluding hydrogens is 328 g/mol. The maximum atomic E-state index is 12.4. The number of rotatable bonds is 5. The number of aliphatic hydroxyl groups is 1. The van der Waals surface area contributed by atoms with Crippen LogP contribution in [0.2, 0.25) is 5.02 Å². The van der Waals surface area contributed by atoms with Crippen LogP contribution in [-0.4, -0.2) is 60.9 Å². The lowest BCUT2D eigenvalue weighted by atomic mass is 10.0. The summed E-state index contributed by atoms with van der Waals surface area (Å²) in [7, 11) is 0. The van der Waals surface area contributed by atoms with Crippen LogP contribution in [0, 0.1) is 5.92 Å². The average Bonchev–Trinajstić information content (AvgIpc) is 3.00. The van der Waals surface area contributed by atoms with Gasteiger partial charge in [-0.05, 0) is 24.5 Å². The van der Waals surface area contributed by atoms with E-state index in [1.165, 1.54) is 0 Å². The highest BCUT2D eigenvalue weighted by atomic mass is 35.5. The van der Waals surface area contributed by atoms with Crippen LogP contribution in [0.15, 0.2) is 24.3 Å². The van der Waals surface area contributed by atoms with Crippen molar-refractivity contribution < 1.29 is 14.6 Å². The summed E-state index contributed by atoms with van der Waals surface area (Å²) in [6.45, 7) is 3.32. The van der Waals surface area contributed by atoms with Gasteiger partial charge in [-0.1, -0.05) is 29.8 Å². The van der Waals surface area contributed by atoms with E-state index in [1.807, 2.05) is 18.2 Å². The van der Waals surface area contributed by atoms with Crippen molar-refractivity contribution in [2.75, 3.05) is 32.9 Å². The number of carbonyl (C=O) groups is 1. The van der Waals surface area contributed by atoms with Gasteiger partial charge in [0, 0.05) is 55.9 Å². The Balaban J connectivity index is 1.57. The summed E-state index contributed by atoms with van der Waals surface area (Å²) in [5.74, 6) is 0.0448. The number of benzene rings is 1. The number of hydrogen-bond donors (Lipinski definition) is 2. The number of hydrogen-bond acceptors (Lipinski definition) is 4. The lowest BCUT2D eigenvalue weighted by molar-refractivity contribution is -0.121. The predicted molar refractivity (Wildman–Crippen MR) is 93.1 cm³/mol. The third-order valence-electron chi connectivity index (χ3n) is 5.07. The number of likely N-dealkylation sites (tertiary alicyclic amines) is 1. The van der Waals surface area contributed by atoms with Crippen LogP contribution in [0.5, 0.6) is 0 Å². The van der Waals surface area contributed by atoms with Crippen LogP contribution < -0.4 is 5.32 Å². The molecule has 0 bridgehead atoms. The van der Waals surface area contributed by atoms with Crippen molar-refractivity contribution >= 4 is 17.5 Å². The molecule has 6 heteroatoms. The smallest absolute Gasteiger partial charge is 0.224 e. The van der Waals surface area contributed by atoms with Crippen molar-refractivity contribution in [3.63, 3.8) is 0 Å². The van der Waals surface area contributed by atoms with Crippen LogP contribution in [-0.2, 0) is 16.0 Å². The number of carbonyl (C=O) groups excluding carboxylic acids is 1. The van der Waals surface area contributed by atoms with Crippen LogP contribution in [0.25, 0.3) is 0 Å². The Labute approximate surface area is 147 Å². The Kier molecular flexibility index (Phi) is 6.11. The van der Waals surface area contributed by atoms with Crippen molar-refractivity contribution in [1.29, 1.82) is 0 Å². The lowest BCUT2D eigenvalue weighted by Crippen LogP contribution is -2.43. The van der Waals surface area contributed by atoms with E-state index < -0.39 is 0 Å². The largest absolute Gasteiger partial charge is 0.396 e. The summed E-state index contributed by atoms with van der Waals surface area (Å²) in [5, 5.41) is 13.4. The second-order valence-corrected chi connectivity index (χ2v) is 7.09. The molecule has 2 aliphatic heterocycles. The van der Waals surface area contributed by atoms with Gasteiger partial charge in [0.1, 0.15) is 0 Å². The molecule has 132 valence electrons. The van der Waals surface area contributed by atoms with Crippen LogP contribution >= 0.6 is 11.6 Å². The third kappa shape index (κ3) is 4.28. The molecule has 1 amide bonds. The molecule has 2 atom stereocenters. The fourth-order valence-electron chi connectivity index (χ4n) is 3.67. The molecule has 0 aliphatic carbocycles. The zero-order valence-electron chi connectivity index (χ0n) is 13.8. The lowest BCUT2D eigenvalue weighted by Gasteiger charge is -2.31. The molecule has 1 aromatic carbocycles. The maximum Gasteiger partial charge on any atom is 0.224 e. The highest BCUT2D eigenvalue weighted by Gasteiger charge is 2.36. The van der Waals surface area contributed by atoms with Gasteiger partial charge in [0.15, 0.2) is 0 Å². The molecule has 0 saturated carbocycles. The number of nitrogens with zero attached hydrogens (tertiary/aromatic N) is 1. The zero-order valence-corrected chi connectivity index (χ0v) is 14.5. The first-order chi connectivity index (χ1) is 11.7. The van der Waals surface area contributed by atoms with Gasteiger partial charge >= 0.3 is 0 Å². The fourth-order valence-corrected chi connectivity index (χ4v) is 3.88. The topological polar surface area (TPSA) is 61.8 Å². The average molecular weight is 353 g/mol.